The van der Waals surface area contributed by atoms with Gasteiger partial charge in [-0.05, 0) is 37.2 Å². The molecule has 2 aliphatic heterocycles. The molecular formula is C24H39N3O2. The molecular weight excluding hydrogens is 362 g/mol. The van der Waals surface area contributed by atoms with E-state index in [0.717, 1.165) is 71.6 Å². The number of nitrogens with zero attached hydrogens (tertiary/aromatic N) is 2. The Morgan fingerprint density at radius 1 is 1.14 bits per heavy atom. The lowest BCUT2D eigenvalue weighted by Gasteiger charge is -2.52. The van der Waals surface area contributed by atoms with Gasteiger partial charge in [0, 0.05) is 56.9 Å². The standard InChI is InChI=1S/C24H39N3O2/c1-20(2)17-23(3,22(25)28)19-24(9-15-29-16-10-24)27-13-11-26(12-14-27)18-21-7-5-4-6-8-21/h4-8,20H,9-19H2,1-3H3,(H2,25,28). The van der Waals surface area contributed by atoms with Crippen LogP contribution in [0.25, 0.3) is 0 Å². The molecule has 0 bridgehead atoms. The Bertz CT molecular complexity index is 649. The van der Waals surface area contributed by atoms with Crippen LogP contribution in [0, 0.1) is 11.3 Å². The maximum atomic E-state index is 12.5. The number of amides is 1. The predicted molar refractivity (Wildman–Crippen MR) is 117 cm³/mol. The van der Waals surface area contributed by atoms with E-state index in [0.29, 0.717) is 5.92 Å². The number of hydrogen-bond donors (Lipinski definition) is 1. The number of carbonyl (C=O) groups is 1. The fourth-order valence-corrected chi connectivity index (χ4v) is 5.47. The summed E-state index contributed by atoms with van der Waals surface area (Å²) in [5, 5.41) is 0. The highest BCUT2D eigenvalue weighted by molar-refractivity contribution is 5.80. The number of rotatable bonds is 8. The van der Waals surface area contributed by atoms with Crippen molar-refractivity contribution in [1.82, 2.24) is 9.80 Å². The Hall–Kier alpha value is -1.43. The molecule has 1 amide bonds. The van der Waals surface area contributed by atoms with Crippen LogP contribution in [0.15, 0.2) is 30.3 Å². The molecule has 3 rings (SSSR count). The van der Waals surface area contributed by atoms with Crippen molar-refractivity contribution in [1.29, 1.82) is 0 Å². The van der Waals surface area contributed by atoms with E-state index in [9.17, 15) is 4.79 Å². The Balaban J connectivity index is 1.69. The van der Waals surface area contributed by atoms with E-state index in [-0.39, 0.29) is 11.4 Å². The molecule has 2 saturated heterocycles. The third-order valence-electron chi connectivity index (χ3n) is 6.89. The van der Waals surface area contributed by atoms with Crippen molar-refractivity contribution in [3.63, 3.8) is 0 Å². The quantitative estimate of drug-likeness (QED) is 0.726. The Morgan fingerprint density at radius 3 is 2.31 bits per heavy atom. The van der Waals surface area contributed by atoms with Gasteiger partial charge in [0.1, 0.15) is 0 Å². The lowest BCUT2D eigenvalue weighted by atomic mass is 9.68. The summed E-state index contributed by atoms with van der Waals surface area (Å²) in [4.78, 5) is 17.7. The zero-order valence-electron chi connectivity index (χ0n) is 18.5. The first-order valence-electron chi connectivity index (χ1n) is 11.2. The number of piperazine rings is 1. The lowest BCUT2D eigenvalue weighted by molar-refractivity contribution is -0.133. The summed E-state index contributed by atoms with van der Waals surface area (Å²) >= 11 is 0. The van der Waals surface area contributed by atoms with E-state index in [1.54, 1.807) is 0 Å². The fraction of sp³-hybridized carbons (Fsp3) is 0.708. The minimum atomic E-state index is -0.466. The molecule has 2 N–H and O–H groups in total. The minimum Gasteiger partial charge on any atom is -0.381 e. The van der Waals surface area contributed by atoms with Crippen molar-refractivity contribution in [3.8, 4) is 0 Å². The largest absolute Gasteiger partial charge is 0.381 e. The maximum Gasteiger partial charge on any atom is 0.223 e. The number of hydrogen-bond acceptors (Lipinski definition) is 4. The van der Waals surface area contributed by atoms with Gasteiger partial charge in [-0.15, -0.1) is 0 Å². The maximum absolute atomic E-state index is 12.5. The van der Waals surface area contributed by atoms with Crippen LogP contribution in [0.2, 0.25) is 0 Å². The first-order chi connectivity index (χ1) is 13.8. The summed E-state index contributed by atoms with van der Waals surface area (Å²) in [5.41, 5.74) is 6.87. The average Bonchev–Trinajstić information content (AvgIpc) is 2.69. The monoisotopic (exact) mass is 401 g/mol. The van der Waals surface area contributed by atoms with Gasteiger partial charge in [0.05, 0.1) is 0 Å². The smallest absolute Gasteiger partial charge is 0.223 e. The molecule has 1 atom stereocenters. The van der Waals surface area contributed by atoms with Gasteiger partial charge < -0.3 is 10.5 Å². The number of benzene rings is 1. The van der Waals surface area contributed by atoms with Gasteiger partial charge in [-0.2, -0.15) is 0 Å². The van der Waals surface area contributed by atoms with Crippen LogP contribution in [0.4, 0.5) is 0 Å². The van der Waals surface area contributed by atoms with E-state index >= 15 is 0 Å². The zero-order chi connectivity index (χ0) is 20.9. The molecule has 0 saturated carbocycles. The molecule has 2 fully saturated rings. The fourth-order valence-electron chi connectivity index (χ4n) is 5.47. The summed E-state index contributed by atoms with van der Waals surface area (Å²) in [6.45, 7) is 13.2. The van der Waals surface area contributed by atoms with Crippen LogP contribution in [0.3, 0.4) is 0 Å². The molecule has 2 aliphatic rings. The second-order valence-electron chi connectivity index (χ2n) is 9.79. The summed E-state index contributed by atoms with van der Waals surface area (Å²) in [5.74, 6) is 0.298. The average molecular weight is 402 g/mol. The van der Waals surface area contributed by atoms with E-state index in [2.05, 4.69) is 60.9 Å². The van der Waals surface area contributed by atoms with Crippen LogP contribution in [-0.4, -0.2) is 60.6 Å². The van der Waals surface area contributed by atoms with E-state index < -0.39 is 5.41 Å². The predicted octanol–water partition coefficient (Wildman–Crippen LogP) is 3.28. The minimum absolute atomic E-state index is 0.0236. The van der Waals surface area contributed by atoms with E-state index in [1.165, 1.54) is 5.56 Å². The van der Waals surface area contributed by atoms with Crippen LogP contribution >= 0.6 is 0 Å². The number of carbonyl (C=O) groups excluding carboxylic acids is 1. The molecule has 1 unspecified atom stereocenters. The molecule has 29 heavy (non-hydrogen) atoms. The number of primary amides is 1. The third-order valence-corrected chi connectivity index (χ3v) is 6.89. The molecule has 1 aromatic rings. The second kappa shape index (κ2) is 9.59. The Kier molecular flexibility index (Phi) is 7.36. The SMILES string of the molecule is CC(C)CC(C)(CC1(N2CCN(Cc3ccccc3)CC2)CCOCC1)C(N)=O. The zero-order valence-corrected chi connectivity index (χ0v) is 18.5. The molecule has 0 aromatic heterocycles. The summed E-state index contributed by atoms with van der Waals surface area (Å²) in [7, 11) is 0. The van der Waals surface area contributed by atoms with Crippen molar-refractivity contribution in [2.75, 3.05) is 39.4 Å². The van der Waals surface area contributed by atoms with Gasteiger partial charge in [0.15, 0.2) is 0 Å². The second-order valence-corrected chi connectivity index (χ2v) is 9.79. The summed E-state index contributed by atoms with van der Waals surface area (Å²) < 4.78 is 5.72. The van der Waals surface area contributed by atoms with Crippen molar-refractivity contribution in [2.45, 2.75) is 58.5 Å². The van der Waals surface area contributed by atoms with Gasteiger partial charge in [-0.3, -0.25) is 14.6 Å². The van der Waals surface area contributed by atoms with Crippen molar-refractivity contribution >= 4 is 5.91 Å². The van der Waals surface area contributed by atoms with Gasteiger partial charge in [0.2, 0.25) is 5.91 Å². The van der Waals surface area contributed by atoms with E-state index in [4.69, 9.17) is 10.5 Å². The van der Waals surface area contributed by atoms with Gasteiger partial charge >= 0.3 is 0 Å². The summed E-state index contributed by atoms with van der Waals surface area (Å²) in [6, 6.07) is 10.7. The van der Waals surface area contributed by atoms with Gasteiger partial charge in [-0.1, -0.05) is 51.1 Å². The highest BCUT2D eigenvalue weighted by atomic mass is 16.5. The van der Waals surface area contributed by atoms with Crippen molar-refractivity contribution in [2.24, 2.45) is 17.1 Å². The first kappa shape index (κ1) is 22.3. The lowest BCUT2D eigenvalue weighted by Crippen LogP contribution is -2.61. The highest BCUT2D eigenvalue weighted by Crippen LogP contribution is 2.42. The number of nitrogens with two attached hydrogens (primary N) is 1. The van der Waals surface area contributed by atoms with Crippen LogP contribution in [0.5, 0.6) is 0 Å². The molecule has 0 spiro atoms. The summed E-state index contributed by atoms with van der Waals surface area (Å²) in [6.07, 6.45) is 3.67. The first-order valence-corrected chi connectivity index (χ1v) is 11.2. The number of ether oxygens (including phenoxy) is 1. The molecule has 1 aromatic carbocycles. The highest BCUT2D eigenvalue weighted by Gasteiger charge is 2.47. The molecule has 0 aliphatic carbocycles. The molecule has 2 heterocycles. The Labute approximate surface area is 176 Å². The topological polar surface area (TPSA) is 58.8 Å². The van der Waals surface area contributed by atoms with Crippen LogP contribution in [-0.2, 0) is 16.1 Å². The molecule has 0 radical (unpaired) electrons. The normalized spacial score (nSPS) is 23.0. The van der Waals surface area contributed by atoms with Gasteiger partial charge in [-0.25, -0.2) is 0 Å². The molecule has 5 nitrogen and oxygen atoms in total. The van der Waals surface area contributed by atoms with Gasteiger partial charge in [0.25, 0.3) is 0 Å². The van der Waals surface area contributed by atoms with E-state index in [1.807, 2.05) is 0 Å². The molecule has 162 valence electrons. The third kappa shape index (κ3) is 5.59. The van der Waals surface area contributed by atoms with Crippen molar-refractivity contribution in [3.05, 3.63) is 35.9 Å². The Morgan fingerprint density at radius 2 is 1.76 bits per heavy atom. The van der Waals surface area contributed by atoms with Crippen LogP contribution in [0.1, 0.15) is 52.0 Å². The molecule has 5 heteroatoms. The van der Waals surface area contributed by atoms with Crippen molar-refractivity contribution < 1.29 is 9.53 Å². The van der Waals surface area contributed by atoms with Crippen LogP contribution < -0.4 is 5.73 Å².